The zero-order valence-corrected chi connectivity index (χ0v) is 15.8. The largest absolute Gasteiger partial charge is 0.481 e. The van der Waals surface area contributed by atoms with Crippen LogP contribution < -0.4 is 0 Å². The van der Waals surface area contributed by atoms with Crippen LogP contribution in [0.2, 0.25) is 0 Å². The van der Waals surface area contributed by atoms with Gasteiger partial charge in [-0.05, 0) is 37.1 Å². The van der Waals surface area contributed by atoms with Crippen molar-refractivity contribution in [3.05, 3.63) is 35.5 Å². The van der Waals surface area contributed by atoms with Gasteiger partial charge in [-0.15, -0.1) is 0 Å². The molecule has 1 aromatic carbocycles. The van der Waals surface area contributed by atoms with Gasteiger partial charge >= 0.3 is 5.97 Å². The number of benzene rings is 1. The van der Waals surface area contributed by atoms with Crippen molar-refractivity contribution in [1.82, 2.24) is 15.0 Å². The lowest BCUT2D eigenvalue weighted by Gasteiger charge is -2.23. The number of aryl methyl sites for hydroxylation is 2. The summed E-state index contributed by atoms with van der Waals surface area (Å²) in [7, 11) is 1.45. The summed E-state index contributed by atoms with van der Waals surface area (Å²) in [5, 5.41) is 13.4. The number of carbonyl (C=O) groups is 2. The Morgan fingerprint density at radius 1 is 1.43 bits per heavy atom. The Labute approximate surface area is 161 Å². The van der Waals surface area contributed by atoms with E-state index in [9.17, 15) is 19.1 Å². The van der Waals surface area contributed by atoms with Gasteiger partial charge < -0.3 is 19.3 Å². The van der Waals surface area contributed by atoms with E-state index < -0.39 is 11.4 Å². The molecule has 1 aliphatic rings. The van der Waals surface area contributed by atoms with Gasteiger partial charge in [0.2, 0.25) is 17.6 Å². The summed E-state index contributed by atoms with van der Waals surface area (Å²) in [5.74, 6) is -0.811. The molecule has 1 fully saturated rings. The predicted octanol–water partition coefficient (Wildman–Crippen LogP) is 2.07. The fraction of sp³-hybridized carbons (Fsp3) is 0.474. The summed E-state index contributed by atoms with van der Waals surface area (Å²) in [6, 6.07) is 4.53. The van der Waals surface area contributed by atoms with Crippen LogP contribution in [0.5, 0.6) is 0 Å². The lowest BCUT2D eigenvalue weighted by Crippen LogP contribution is -2.40. The molecule has 150 valence electrons. The first-order valence-electron chi connectivity index (χ1n) is 8.94. The van der Waals surface area contributed by atoms with Gasteiger partial charge in [-0.2, -0.15) is 4.98 Å². The lowest BCUT2D eigenvalue weighted by molar-refractivity contribution is -0.151. The number of halogens is 1. The third kappa shape index (κ3) is 4.04. The number of likely N-dealkylation sites (tertiary alicyclic amines) is 1. The summed E-state index contributed by atoms with van der Waals surface area (Å²) in [6.07, 6.45) is 0.732. The standard InChI is InChI=1S/C19H22FN3O5/c1-12-9-13(3-4-14(12)20)17-21-15(28-22-17)5-6-16(24)23-8-7-19(10-23,11-27-2)18(25)26/h3-4,9H,5-8,10-11H2,1-2H3,(H,25,26). The van der Waals surface area contributed by atoms with Crippen LogP contribution in [0.15, 0.2) is 22.7 Å². The highest BCUT2D eigenvalue weighted by Crippen LogP contribution is 2.31. The van der Waals surface area contributed by atoms with Gasteiger partial charge in [0.1, 0.15) is 11.2 Å². The molecule has 1 saturated heterocycles. The van der Waals surface area contributed by atoms with Crippen molar-refractivity contribution in [3.8, 4) is 11.4 Å². The van der Waals surface area contributed by atoms with Crippen molar-refractivity contribution < 1.29 is 28.3 Å². The number of ether oxygens (including phenoxy) is 1. The molecular formula is C19H22FN3O5. The summed E-state index contributed by atoms with van der Waals surface area (Å²) in [6.45, 7) is 2.21. The van der Waals surface area contributed by atoms with Gasteiger partial charge in [-0.3, -0.25) is 9.59 Å². The van der Waals surface area contributed by atoms with Crippen LogP contribution in [0.25, 0.3) is 11.4 Å². The molecule has 0 spiro atoms. The molecule has 0 radical (unpaired) electrons. The average molecular weight is 391 g/mol. The second kappa shape index (κ2) is 8.05. The van der Waals surface area contributed by atoms with E-state index in [0.717, 1.165) is 0 Å². The van der Waals surface area contributed by atoms with Crippen molar-refractivity contribution >= 4 is 11.9 Å². The fourth-order valence-corrected chi connectivity index (χ4v) is 3.35. The molecule has 0 aliphatic carbocycles. The highest BCUT2D eigenvalue weighted by Gasteiger charge is 2.46. The van der Waals surface area contributed by atoms with Crippen molar-refractivity contribution in [2.75, 3.05) is 26.8 Å². The Morgan fingerprint density at radius 2 is 2.21 bits per heavy atom. The van der Waals surface area contributed by atoms with E-state index in [1.54, 1.807) is 19.1 Å². The first kappa shape index (κ1) is 19.9. The smallest absolute Gasteiger partial charge is 0.313 e. The number of carboxylic acid groups (broad SMARTS) is 1. The molecule has 1 amide bonds. The molecule has 0 bridgehead atoms. The van der Waals surface area contributed by atoms with E-state index in [-0.39, 0.29) is 37.7 Å². The normalized spacial score (nSPS) is 19.2. The number of hydrogen-bond acceptors (Lipinski definition) is 6. The van der Waals surface area contributed by atoms with E-state index >= 15 is 0 Å². The average Bonchev–Trinajstić information content (AvgIpc) is 3.30. The van der Waals surface area contributed by atoms with E-state index in [4.69, 9.17) is 9.26 Å². The van der Waals surface area contributed by atoms with Crippen LogP contribution in [0, 0.1) is 18.2 Å². The zero-order chi connectivity index (χ0) is 20.3. The minimum Gasteiger partial charge on any atom is -0.481 e. The van der Waals surface area contributed by atoms with Gasteiger partial charge in [0.25, 0.3) is 0 Å². The minimum atomic E-state index is -1.05. The number of amides is 1. The second-order valence-electron chi connectivity index (χ2n) is 7.06. The van der Waals surface area contributed by atoms with Crippen molar-refractivity contribution in [2.45, 2.75) is 26.2 Å². The molecule has 9 heteroatoms. The number of rotatable bonds is 7. The third-order valence-electron chi connectivity index (χ3n) is 5.02. The van der Waals surface area contributed by atoms with Gasteiger partial charge in [0, 0.05) is 38.6 Å². The summed E-state index contributed by atoms with van der Waals surface area (Å²) in [5.41, 5.74) is 0.0549. The Balaban J connectivity index is 1.59. The van der Waals surface area contributed by atoms with Crippen LogP contribution in [-0.2, 0) is 20.7 Å². The minimum absolute atomic E-state index is 0.0657. The van der Waals surface area contributed by atoms with E-state index in [2.05, 4.69) is 10.1 Å². The van der Waals surface area contributed by atoms with Gasteiger partial charge in [0.05, 0.1) is 6.61 Å². The first-order chi connectivity index (χ1) is 13.3. The quantitative estimate of drug-likeness (QED) is 0.770. The molecule has 1 N–H and O–H groups in total. The number of methoxy groups -OCH3 is 1. The van der Waals surface area contributed by atoms with Crippen molar-refractivity contribution in [2.24, 2.45) is 5.41 Å². The highest BCUT2D eigenvalue weighted by molar-refractivity contribution is 5.81. The molecule has 1 aromatic heterocycles. The van der Waals surface area contributed by atoms with E-state index in [0.29, 0.717) is 35.8 Å². The molecule has 1 unspecified atom stereocenters. The zero-order valence-electron chi connectivity index (χ0n) is 15.8. The maximum atomic E-state index is 13.4. The fourth-order valence-electron chi connectivity index (χ4n) is 3.35. The topological polar surface area (TPSA) is 106 Å². The molecule has 2 aromatic rings. The van der Waals surface area contributed by atoms with Crippen LogP contribution in [0.4, 0.5) is 4.39 Å². The molecule has 0 saturated carbocycles. The van der Waals surface area contributed by atoms with Crippen LogP contribution in [0.1, 0.15) is 24.3 Å². The Kier molecular flexibility index (Phi) is 5.73. The van der Waals surface area contributed by atoms with Crippen LogP contribution in [0.3, 0.4) is 0 Å². The number of carboxylic acids is 1. The van der Waals surface area contributed by atoms with Gasteiger partial charge in [-0.1, -0.05) is 5.16 Å². The monoisotopic (exact) mass is 391 g/mol. The molecule has 8 nitrogen and oxygen atoms in total. The molecule has 2 heterocycles. The maximum absolute atomic E-state index is 13.4. The number of aliphatic carboxylic acids is 1. The Bertz CT molecular complexity index is 884. The van der Waals surface area contributed by atoms with E-state index in [1.807, 2.05) is 0 Å². The number of aromatic nitrogens is 2. The van der Waals surface area contributed by atoms with E-state index in [1.165, 1.54) is 18.1 Å². The second-order valence-corrected chi connectivity index (χ2v) is 7.06. The van der Waals surface area contributed by atoms with Crippen LogP contribution in [-0.4, -0.2) is 58.8 Å². The van der Waals surface area contributed by atoms with Crippen molar-refractivity contribution in [3.63, 3.8) is 0 Å². The molecular weight excluding hydrogens is 369 g/mol. The summed E-state index contributed by atoms with van der Waals surface area (Å²) in [4.78, 5) is 29.8. The number of carbonyl (C=O) groups excluding carboxylic acids is 1. The Morgan fingerprint density at radius 3 is 2.89 bits per heavy atom. The molecule has 1 atom stereocenters. The van der Waals surface area contributed by atoms with Gasteiger partial charge in [-0.25, -0.2) is 4.39 Å². The number of hydrogen-bond donors (Lipinski definition) is 1. The summed E-state index contributed by atoms with van der Waals surface area (Å²) < 4.78 is 23.6. The van der Waals surface area contributed by atoms with Crippen LogP contribution >= 0.6 is 0 Å². The molecule has 3 rings (SSSR count). The predicted molar refractivity (Wildman–Crippen MR) is 95.9 cm³/mol. The van der Waals surface area contributed by atoms with Crippen molar-refractivity contribution in [1.29, 1.82) is 0 Å². The molecule has 28 heavy (non-hydrogen) atoms. The third-order valence-corrected chi connectivity index (χ3v) is 5.02. The summed E-state index contributed by atoms with van der Waals surface area (Å²) >= 11 is 0. The lowest BCUT2D eigenvalue weighted by atomic mass is 9.88. The first-order valence-corrected chi connectivity index (χ1v) is 8.94. The highest BCUT2D eigenvalue weighted by atomic mass is 19.1. The maximum Gasteiger partial charge on any atom is 0.313 e. The number of nitrogens with zero attached hydrogens (tertiary/aromatic N) is 3. The SMILES string of the molecule is COCC1(C(=O)O)CCN(C(=O)CCc2nc(-c3ccc(F)c(C)c3)no2)C1. The van der Waals surface area contributed by atoms with Gasteiger partial charge in [0.15, 0.2) is 0 Å². The Hall–Kier alpha value is -2.81. The molecule has 1 aliphatic heterocycles.